The number of hydrogen-bond acceptors (Lipinski definition) is 4. The van der Waals surface area contributed by atoms with Gasteiger partial charge in [0.2, 0.25) is 0 Å². The number of aromatic nitrogens is 4. The second-order valence-electron chi connectivity index (χ2n) is 7.82. The number of alkyl halides is 6. The Labute approximate surface area is 196 Å². The molecule has 0 spiro atoms. The number of halogens is 6. The number of pyridine rings is 1. The van der Waals surface area contributed by atoms with E-state index in [4.69, 9.17) is 4.74 Å². The smallest absolute Gasteiger partial charge is 0.416 e. The summed E-state index contributed by atoms with van der Waals surface area (Å²) in [6, 6.07) is 10.5. The van der Waals surface area contributed by atoms with Crippen LogP contribution in [0.25, 0.3) is 22.4 Å². The molecular weight excluding hydrogens is 474 g/mol. The highest BCUT2D eigenvalue weighted by atomic mass is 19.4. The van der Waals surface area contributed by atoms with E-state index in [0.29, 0.717) is 29.1 Å². The molecule has 0 fully saturated rings. The number of ether oxygens (including phenoxy) is 1. The Balaban J connectivity index is 1.64. The van der Waals surface area contributed by atoms with E-state index in [-0.39, 0.29) is 18.2 Å². The van der Waals surface area contributed by atoms with Crippen LogP contribution in [-0.2, 0) is 18.9 Å². The minimum Gasteiger partial charge on any atom is -0.496 e. The van der Waals surface area contributed by atoms with Gasteiger partial charge in [-0.15, -0.1) is 5.10 Å². The van der Waals surface area contributed by atoms with Crippen LogP contribution >= 0.6 is 0 Å². The number of benzene rings is 2. The Morgan fingerprint density at radius 2 is 1.54 bits per heavy atom. The van der Waals surface area contributed by atoms with Gasteiger partial charge in [-0.3, -0.25) is 4.98 Å². The normalized spacial score (nSPS) is 12.1. The summed E-state index contributed by atoms with van der Waals surface area (Å²) in [5.74, 6) is 0.551. The lowest BCUT2D eigenvalue weighted by atomic mass is 10.0. The Morgan fingerprint density at radius 3 is 2.14 bits per heavy atom. The van der Waals surface area contributed by atoms with Crippen LogP contribution < -0.4 is 4.74 Å². The van der Waals surface area contributed by atoms with Crippen molar-refractivity contribution in [3.8, 4) is 28.1 Å². The number of hydrogen-bond donors (Lipinski definition) is 0. The van der Waals surface area contributed by atoms with Gasteiger partial charge in [-0.1, -0.05) is 11.3 Å². The molecule has 0 unspecified atom stereocenters. The maximum atomic E-state index is 13.1. The van der Waals surface area contributed by atoms with E-state index in [0.717, 1.165) is 16.8 Å². The van der Waals surface area contributed by atoms with E-state index in [1.807, 2.05) is 25.1 Å². The first kappa shape index (κ1) is 24.2. The minimum atomic E-state index is -4.92. The molecule has 0 bridgehead atoms. The highest BCUT2D eigenvalue weighted by molar-refractivity contribution is 5.75. The van der Waals surface area contributed by atoms with Gasteiger partial charge in [0.15, 0.2) is 0 Å². The van der Waals surface area contributed by atoms with Gasteiger partial charge in [-0.05, 0) is 60.5 Å². The molecule has 0 radical (unpaired) electrons. The van der Waals surface area contributed by atoms with Gasteiger partial charge in [0.1, 0.15) is 11.4 Å². The van der Waals surface area contributed by atoms with Gasteiger partial charge in [0, 0.05) is 23.0 Å². The predicted molar refractivity (Wildman–Crippen MR) is 116 cm³/mol. The Hall–Kier alpha value is -3.89. The lowest BCUT2D eigenvalue weighted by Crippen LogP contribution is -2.13. The first-order valence-electron chi connectivity index (χ1n) is 10.2. The van der Waals surface area contributed by atoms with Crippen LogP contribution in [-0.4, -0.2) is 27.1 Å². The molecule has 0 aliphatic carbocycles. The average molecular weight is 492 g/mol. The second-order valence-corrected chi connectivity index (χ2v) is 7.82. The number of nitrogens with zero attached hydrogens (tertiary/aromatic N) is 4. The maximum absolute atomic E-state index is 13.1. The monoisotopic (exact) mass is 492 g/mol. The molecule has 0 atom stereocenters. The van der Waals surface area contributed by atoms with E-state index >= 15 is 0 Å². The fourth-order valence-electron chi connectivity index (χ4n) is 3.61. The van der Waals surface area contributed by atoms with Crippen molar-refractivity contribution < 1.29 is 31.1 Å². The molecule has 11 heteroatoms. The third-order valence-corrected chi connectivity index (χ3v) is 5.24. The van der Waals surface area contributed by atoms with Gasteiger partial charge >= 0.3 is 12.4 Å². The Bertz CT molecular complexity index is 1330. The van der Waals surface area contributed by atoms with Gasteiger partial charge in [0.05, 0.1) is 31.0 Å². The molecule has 0 aliphatic rings. The summed E-state index contributed by atoms with van der Waals surface area (Å²) in [4.78, 5) is 4.17. The fraction of sp³-hybridized carbons (Fsp3) is 0.208. The Kier molecular flexibility index (Phi) is 6.27. The minimum absolute atomic E-state index is 0.0917. The Morgan fingerprint density at radius 1 is 0.857 bits per heavy atom. The predicted octanol–water partition coefficient (Wildman–Crippen LogP) is 6.41. The molecule has 4 rings (SSSR count). The molecule has 35 heavy (non-hydrogen) atoms. The zero-order chi connectivity index (χ0) is 25.4. The van der Waals surface area contributed by atoms with Crippen LogP contribution in [0.4, 0.5) is 26.3 Å². The van der Waals surface area contributed by atoms with Crippen LogP contribution in [0.15, 0.2) is 60.9 Å². The first-order valence-corrected chi connectivity index (χ1v) is 10.2. The molecule has 5 nitrogen and oxygen atoms in total. The molecule has 2 heterocycles. The maximum Gasteiger partial charge on any atom is 0.416 e. The van der Waals surface area contributed by atoms with E-state index < -0.39 is 23.5 Å². The van der Waals surface area contributed by atoms with Crippen LogP contribution in [0.1, 0.15) is 22.4 Å². The topological polar surface area (TPSA) is 52.8 Å². The summed E-state index contributed by atoms with van der Waals surface area (Å²) in [5.41, 5.74) is 0.576. The highest BCUT2D eigenvalue weighted by Crippen LogP contribution is 2.37. The molecule has 0 amide bonds. The van der Waals surface area contributed by atoms with E-state index in [1.54, 1.807) is 18.3 Å². The quantitative estimate of drug-likeness (QED) is 0.302. The fourth-order valence-corrected chi connectivity index (χ4v) is 3.61. The molecule has 4 aromatic rings. The number of rotatable bonds is 5. The molecular formula is C24H18F6N4O. The molecule has 0 N–H and O–H groups in total. The summed E-state index contributed by atoms with van der Waals surface area (Å²) in [6.45, 7) is 1.54. The van der Waals surface area contributed by atoms with Crippen molar-refractivity contribution in [1.82, 2.24) is 20.0 Å². The van der Waals surface area contributed by atoms with E-state index in [2.05, 4.69) is 15.3 Å². The summed E-state index contributed by atoms with van der Waals surface area (Å²) in [6.07, 6.45) is -6.72. The second kappa shape index (κ2) is 9.05. The summed E-state index contributed by atoms with van der Waals surface area (Å²) < 4.78 is 85.5. The first-order chi connectivity index (χ1) is 16.4. The largest absolute Gasteiger partial charge is 0.496 e. The number of methoxy groups -OCH3 is 1. The van der Waals surface area contributed by atoms with Crippen molar-refractivity contribution in [2.45, 2.75) is 25.8 Å². The number of aryl methyl sites for hydroxylation is 1. The van der Waals surface area contributed by atoms with Crippen molar-refractivity contribution in [2.24, 2.45) is 0 Å². The lowest BCUT2D eigenvalue weighted by Gasteiger charge is -2.14. The van der Waals surface area contributed by atoms with Gasteiger partial charge < -0.3 is 4.74 Å². The van der Waals surface area contributed by atoms with Crippen LogP contribution in [0.2, 0.25) is 0 Å². The molecule has 0 saturated carbocycles. The zero-order valence-electron chi connectivity index (χ0n) is 18.4. The van der Waals surface area contributed by atoms with Crippen LogP contribution in [0, 0.1) is 6.92 Å². The van der Waals surface area contributed by atoms with Crippen molar-refractivity contribution in [3.63, 3.8) is 0 Å². The highest BCUT2D eigenvalue weighted by Gasteiger charge is 2.36. The molecule has 182 valence electrons. The lowest BCUT2D eigenvalue weighted by molar-refractivity contribution is -0.143. The summed E-state index contributed by atoms with van der Waals surface area (Å²) in [5, 5.41) is 7.89. The third-order valence-electron chi connectivity index (χ3n) is 5.24. The standard InChI is InChI=1S/C24H18F6N4O/c1-14-7-16(5-6-31-14)20-4-3-17(10-22(20)35-2)21-13-34(33-32-21)12-15-8-18(23(25,26)27)11-19(9-15)24(28,29)30/h3-11,13H,12H2,1-2H3. The van der Waals surface area contributed by atoms with Gasteiger partial charge in [0.25, 0.3) is 0 Å². The van der Waals surface area contributed by atoms with Crippen molar-refractivity contribution >= 4 is 0 Å². The third kappa shape index (κ3) is 5.44. The molecule has 0 saturated heterocycles. The average Bonchev–Trinajstić information content (AvgIpc) is 3.25. The van der Waals surface area contributed by atoms with Gasteiger partial charge in [-0.2, -0.15) is 26.3 Å². The van der Waals surface area contributed by atoms with Crippen molar-refractivity contribution in [2.75, 3.05) is 7.11 Å². The molecule has 0 aliphatic heterocycles. The zero-order valence-corrected chi connectivity index (χ0v) is 18.4. The van der Waals surface area contributed by atoms with Crippen LogP contribution in [0.3, 0.4) is 0 Å². The SMILES string of the molecule is COc1cc(-c2cn(Cc3cc(C(F)(F)F)cc(C(F)(F)F)c3)nn2)ccc1-c1ccnc(C)c1. The van der Waals surface area contributed by atoms with Crippen molar-refractivity contribution in [1.29, 1.82) is 0 Å². The summed E-state index contributed by atoms with van der Waals surface area (Å²) >= 11 is 0. The van der Waals surface area contributed by atoms with Crippen LogP contribution in [0.5, 0.6) is 5.75 Å². The molecule has 2 aromatic carbocycles. The van der Waals surface area contributed by atoms with Crippen molar-refractivity contribution in [3.05, 3.63) is 83.3 Å². The van der Waals surface area contributed by atoms with Gasteiger partial charge in [-0.25, -0.2) is 4.68 Å². The van der Waals surface area contributed by atoms with E-state index in [9.17, 15) is 26.3 Å². The van der Waals surface area contributed by atoms with E-state index in [1.165, 1.54) is 18.0 Å². The summed E-state index contributed by atoms with van der Waals surface area (Å²) in [7, 11) is 1.51. The molecule has 2 aromatic heterocycles.